The van der Waals surface area contributed by atoms with Gasteiger partial charge in [0.1, 0.15) is 0 Å². The Morgan fingerprint density at radius 3 is 1.00 bits per heavy atom. The Kier molecular flexibility index (Phi) is 14.6. The molecule has 0 atom stereocenters. The van der Waals surface area contributed by atoms with E-state index in [1.54, 1.807) is 0 Å². The van der Waals surface area contributed by atoms with E-state index in [9.17, 15) is 9.59 Å². The maximum absolute atomic E-state index is 14.0. The van der Waals surface area contributed by atoms with Crippen LogP contribution in [0.2, 0.25) is 0 Å². The van der Waals surface area contributed by atoms with E-state index in [0.29, 0.717) is 11.6 Å². The first kappa shape index (κ1) is 36.6. The van der Waals surface area contributed by atoms with Gasteiger partial charge in [-0.25, -0.2) is 0 Å². The highest BCUT2D eigenvalue weighted by Crippen LogP contribution is 2.63. The lowest BCUT2D eigenvalue weighted by atomic mass is 9.41. The van der Waals surface area contributed by atoms with Crippen molar-refractivity contribution in [2.45, 2.75) is 219 Å². The van der Waals surface area contributed by atoms with Crippen LogP contribution in [0.1, 0.15) is 219 Å². The average molecular weight is 637 g/mol. The molecule has 0 aromatic rings. The van der Waals surface area contributed by atoms with Crippen molar-refractivity contribution in [3.63, 3.8) is 0 Å². The molecule has 5 fully saturated rings. The third-order valence-electron chi connectivity index (χ3n) is 15.1. The minimum Gasteiger partial charge on any atom is -0.297 e. The first-order valence-electron chi connectivity index (χ1n) is 21.6. The molecule has 0 aromatic carbocycles. The molecule has 0 unspecified atom stereocenters. The van der Waals surface area contributed by atoms with Gasteiger partial charge in [0.2, 0.25) is 0 Å². The number of hydrogen-bond donors (Lipinski definition) is 0. The first-order chi connectivity index (χ1) is 22.5. The van der Waals surface area contributed by atoms with E-state index in [0.717, 1.165) is 86.9 Å². The molecule has 0 aromatic heterocycles. The van der Waals surface area contributed by atoms with E-state index >= 15 is 0 Å². The zero-order valence-corrected chi connectivity index (χ0v) is 30.9. The van der Waals surface area contributed by atoms with Crippen molar-refractivity contribution in [1.29, 1.82) is 0 Å². The summed E-state index contributed by atoms with van der Waals surface area (Å²) in [4.78, 5) is 27.9. The van der Waals surface area contributed by atoms with Crippen LogP contribution in [0.15, 0.2) is 0 Å². The normalized spacial score (nSPS) is 36.7. The van der Waals surface area contributed by atoms with Crippen molar-refractivity contribution in [3.05, 3.63) is 0 Å². The van der Waals surface area contributed by atoms with E-state index in [2.05, 4.69) is 13.8 Å². The van der Waals surface area contributed by atoms with Gasteiger partial charge in [0.25, 0.3) is 0 Å². The van der Waals surface area contributed by atoms with Gasteiger partial charge in [-0.1, -0.05) is 142 Å². The van der Waals surface area contributed by atoms with Crippen molar-refractivity contribution in [3.8, 4) is 0 Å². The van der Waals surface area contributed by atoms with Crippen molar-refractivity contribution in [2.24, 2.45) is 46.3 Å². The first-order valence-corrected chi connectivity index (χ1v) is 21.6. The molecule has 0 bridgehead atoms. The second-order valence-electron chi connectivity index (χ2n) is 17.9. The zero-order chi connectivity index (χ0) is 32.2. The fourth-order valence-electron chi connectivity index (χ4n) is 11.9. The molecular weight excluding hydrogens is 560 g/mol. The van der Waals surface area contributed by atoms with Gasteiger partial charge in [0, 0.05) is 0 Å². The Morgan fingerprint density at radius 1 is 0.391 bits per heavy atom. The molecule has 0 saturated heterocycles. The summed E-state index contributed by atoms with van der Waals surface area (Å²) in [6.07, 6.45) is 42.4. The topological polar surface area (TPSA) is 34.1 Å². The molecule has 0 aliphatic heterocycles. The van der Waals surface area contributed by atoms with Crippen LogP contribution in [0.25, 0.3) is 0 Å². The molecule has 2 heteroatoms. The van der Waals surface area contributed by atoms with Crippen LogP contribution in [0.5, 0.6) is 0 Å². The third kappa shape index (κ3) is 8.92. The smallest absolute Gasteiger partial charge is 0.159 e. The number of carbonyl (C=O) groups excluding carboxylic acids is 2. The maximum atomic E-state index is 14.0. The summed E-state index contributed by atoms with van der Waals surface area (Å²) in [6.45, 7) is 4.61. The van der Waals surface area contributed by atoms with E-state index in [1.165, 1.54) is 154 Å². The summed E-state index contributed by atoms with van der Waals surface area (Å²) in [5, 5.41) is 0. The fraction of sp³-hybridized carbons (Fsp3) is 0.955. The molecule has 264 valence electrons. The average Bonchev–Trinajstić information content (AvgIpc) is 3.11. The van der Waals surface area contributed by atoms with Gasteiger partial charge in [-0.05, 0) is 113 Å². The molecule has 5 aliphatic rings. The second kappa shape index (κ2) is 18.4. The quantitative estimate of drug-likeness (QED) is 0.111. The van der Waals surface area contributed by atoms with Crippen molar-refractivity contribution in [2.75, 3.05) is 0 Å². The van der Waals surface area contributed by atoms with Crippen molar-refractivity contribution >= 4 is 11.6 Å². The van der Waals surface area contributed by atoms with Crippen molar-refractivity contribution < 1.29 is 9.59 Å². The van der Waals surface area contributed by atoms with Gasteiger partial charge < -0.3 is 0 Å². The van der Waals surface area contributed by atoms with Crippen LogP contribution in [-0.2, 0) is 9.59 Å². The van der Waals surface area contributed by atoms with Gasteiger partial charge in [0.15, 0.2) is 11.6 Å². The Bertz CT molecular complexity index is 797. The van der Waals surface area contributed by atoms with Crippen molar-refractivity contribution in [1.82, 2.24) is 0 Å². The molecule has 0 heterocycles. The molecule has 5 aliphatic carbocycles. The van der Waals surface area contributed by atoms with E-state index in [1.807, 2.05) is 0 Å². The predicted octanol–water partition coefficient (Wildman–Crippen LogP) is 13.4. The molecule has 0 radical (unpaired) electrons. The third-order valence-corrected chi connectivity index (χ3v) is 15.1. The molecule has 46 heavy (non-hydrogen) atoms. The number of unbranched alkanes of at least 4 members (excludes halogenated alkanes) is 12. The van der Waals surface area contributed by atoms with Crippen LogP contribution in [0.4, 0.5) is 0 Å². The summed E-state index contributed by atoms with van der Waals surface area (Å²) < 4.78 is 0. The van der Waals surface area contributed by atoms with Crippen LogP contribution >= 0.6 is 0 Å². The lowest BCUT2D eigenvalue weighted by molar-refractivity contribution is -0.179. The number of ketones is 2. The summed E-state index contributed by atoms with van der Waals surface area (Å²) in [7, 11) is 0. The van der Waals surface area contributed by atoms with E-state index in [-0.39, 0.29) is 0 Å². The Balaban J connectivity index is 0.950. The predicted molar refractivity (Wildman–Crippen MR) is 195 cm³/mol. The van der Waals surface area contributed by atoms with Gasteiger partial charge in [0.05, 0.1) is 10.8 Å². The van der Waals surface area contributed by atoms with E-state index in [4.69, 9.17) is 0 Å². The summed E-state index contributed by atoms with van der Waals surface area (Å²) >= 11 is 0. The minimum absolute atomic E-state index is 0.415. The van der Waals surface area contributed by atoms with Gasteiger partial charge in [-0.3, -0.25) is 9.59 Å². The molecule has 2 spiro atoms. The number of hydrogen-bond acceptors (Lipinski definition) is 2. The number of rotatable bonds is 18. The van der Waals surface area contributed by atoms with Gasteiger partial charge >= 0.3 is 0 Å². The summed E-state index contributed by atoms with van der Waals surface area (Å²) in [5.41, 5.74) is -1.10. The largest absolute Gasteiger partial charge is 0.297 e. The zero-order valence-electron chi connectivity index (χ0n) is 30.9. The monoisotopic (exact) mass is 637 g/mol. The maximum Gasteiger partial charge on any atom is 0.159 e. The van der Waals surface area contributed by atoms with Crippen LogP contribution in [0, 0.1) is 46.3 Å². The molecule has 2 nitrogen and oxygen atoms in total. The highest BCUT2D eigenvalue weighted by atomic mass is 16.2. The van der Waals surface area contributed by atoms with Crippen LogP contribution in [-0.4, -0.2) is 11.6 Å². The summed E-state index contributed by atoms with van der Waals surface area (Å²) in [6, 6.07) is 0. The Labute approximate surface area is 286 Å². The summed E-state index contributed by atoms with van der Waals surface area (Å²) in [5.74, 6) is 6.05. The lowest BCUT2D eigenvalue weighted by Gasteiger charge is -2.58. The SMILES string of the molecule is CCCCCCCCC[C@H]1CC[C@H](C2CCC3(CC2)C(=O)C2(CCC([C@H]4CC[C@H](CCCCCCCCC)CC4)CC2)C3=O)CC1. The number of Topliss-reactive ketones (excluding diaryl/α,β-unsaturated/α-hetero) is 2. The standard InChI is InChI=1S/C44H76O2/c1-3-5-7-9-11-13-15-17-35-19-23-37(24-20-35)39-27-31-43(32-28-39)41(45)44(42(43)46)33-29-40(30-34-44)38-25-21-36(22-26-38)18-16-14-12-10-8-6-4-2/h35-40H,3-34H2,1-2H3/t35-,36-,37-,38-,39?,40?,43?,44?. The van der Waals surface area contributed by atoms with Gasteiger partial charge in [-0.2, -0.15) is 0 Å². The highest BCUT2D eigenvalue weighted by molar-refractivity contribution is 6.30. The van der Waals surface area contributed by atoms with E-state index < -0.39 is 10.8 Å². The Morgan fingerprint density at radius 2 is 0.674 bits per heavy atom. The van der Waals surface area contributed by atoms with Crippen LogP contribution in [0.3, 0.4) is 0 Å². The second-order valence-corrected chi connectivity index (χ2v) is 17.9. The Hall–Kier alpha value is -0.660. The van der Waals surface area contributed by atoms with Gasteiger partial charge in [-0.15, -0.1) is 0 Å². The highest BCUT2D eigenvalue weighted by Gasteiger charge is 2.71. The molecule has 0 N–H and O–H groups in total. The van der Waals surface area contributed by atoms with Crippen LogP contribution < -0.4 is 0 Å². The lowest BCUT2D eigenvalue weighted by Crippen LogP contribution is -2.68. The molecule has 5 rings (SSSR count). The molecule has 0 amide bonds. The number of carbonyl (C=O) groups is 2. The minimum atomic E-state index is -0.550. The molecule has 5 saturated carbocycles. The molecular formula is C44H76O2. The fourth-order valence-corrected chi connectivity index (χ4v) is 11.9.